The standard InChI is InChI=1S/C13H26N2/c1-2-14-10-13-4-3-8-15(11-13)9-7-12-5-6-12/h12-14H,2-11H2,1H3. The van der Waals surface area contributed by atoms with Gasteiger partial charge >= 0.3 is 0 Å². The maximum atomic E-state index is 3.49. The molecule has 2 nitrogen and oxygen atoms in total. The minimum absolute atomic E-state index is 0.915. The average Bonchev–Trinajstić information content (AvgIpc) is 3.08. The molecule has 0 bridgehead atoms. The second-order valence-corrected chi connectivity index (χ2v) is 5.35. The predicted molar refractivity (Wildman–Crippen MR) is 65.0 cm³/mol. The smallest absolute Gasteiger partial charge is 0.00218 e. The second-order valence-electron chi connectivity index (χ2n) is 5.35. The van der Waals surface area contributed by atoms with Crippen LogP contribution >= 0.6 is 0 Å². The Bertz CT molecular complexity index is 177. The molecule has 2 rings (SSSR count). The second kappa shape index (κ2) is 5.86. The third-order valence-corrected chi connectivity index (χ3v) is 3.84. The lowest BCUT2D eigenvalue weighted by Crippen LogP contribution is -2.40. The van der Waals surface area contributed by atoms with Crippen molar-refractivity contribution in [2.75, 3.05) is 32.7 Å². The summed E-state index contributed by atoms with van der Waals surface area (Å²) >= 11 is 0. The summed E-state index contributed by atoms with van der Waals surface area (Å²) in [5.74, 6) is 2.01. The van der Waals surface area contributed by atoms with Crippen molar-refractivity contribution < 1.29 is 0 Å². The lowest BCUT2D eigenvalue weighted by Gasteiger charge is -2.32. The molecule has 1 unspecified atom stereocenters. The van der Waals surface area contributed by atoms with Gasteiger partial charge in [-0.25, -0.2) is 0 Å². The van der Waals surface area contributed by atoms with Gasteiger partial charge in [0.05, 0.1) is 0 Å². The van der Waals surface area contributed by atoms with Gasteiger partial charge in [-0.3, -0.25) is 0 Å². The number of rotatable bonds is 6. The Balaban J connectivity index is 1.61. The van der Waals surface area contributed by atoms with Gasteiger partial charge < -0.3 is 10.2 Å². The first kappa shape index (κ1) is 11.4. The van der Waals surface area contributed by atoms with E-state index in [0.29, 0.717) is 0 Å². The molecule has 0 spiro atoms. The van der Waals surface area contributed by atoms with Gasteiger partial charge in [-0.2, -0.15) is 0 Å². The van der Waals surface area contributed by atoms with Crippen LogP contribution in [0.2, 0.25) is 0 Å². The van der Waals surface area contributed by atoms with E-state index < -0.39 is 0 Å². The third-order valence-electron chi connectivity index (χ3n) is 3.84. The Morgan fingerprint density at radius 1 is 1.20 bits per heavy atom. The van der Waals surface area contributed by atoms with Crippen LogP contribution in [-0.2, 0) is 0 Å². The van der Waals surface area contributed by atoms with E-state index >= 15 is 0 Å². The van der Waals surface area contributed by atoms with Crippen LogP contribution in [0.1, 0.15) is 39.0 Å². The Morgan fingerprint density at radius 3 is 2.80 bits per heavy atom. The first-order valence-electron chi connectivity index (χ1n) is 6.81. The highest BCUT2D eigenvalue weighted by Crippen LogP contribution is 2.32. The van der Waals surface area contributed by atoms with E-state index in [9.17, 15) is 0 Å². The highest BCUT2D eigenvalue weighted by atomic mass is 15.1. The maximum absolute atomic E-state index is 3.49. The number of nitrogens with zero attached hydrogens (tertiary/aromatic N) is 1. The summed E-state index contributed by atoms with van der Waals surface area (Å²) in [5.41, 5.74) is 0. The van der Waals surface area contributed by atoms with Crippen LogP contribution in [-0.4, -0.2) is 37.6 Å². The zero-order chi connectivity index (χ0) is 10.5. The number of hydrogen-bond donors (Lipinski definition) is 1. The molecule has 2 heteroatoms. The van der Waals surface area contributed by atoms with Crippen LogP contribution in [0, 0.1) is 11.8 Å². The minimum atomic E-state index is 0.915. The summed E-state index contributed by atoms with van der Waals surface area (Å²) in [6, 6.07) is 0. The van der Waals surface area contributed by atoms with Crippen molar-refractivity contribution in [1.29, 1.82) is 0 Å². The van der Waals surface area contributed by atoms with Gasteiger partial charge in [0.15, 0.2) is 0 Å². The molecule has 1 N–H and O–H groups in total. The van der Waals surface area contributed by atoms with E-state index in [-0.39, 0.29) is 0 Å². The van der Waals surface area contributed by atoms with Gasteiger partial charge in [-0.05, 0) is 57.3 Å². The molecule has 1 atom stereocenters. The first-order chi connectivity index (χ1) is 7.38. The first-order valence-corrected chi connectivity index (χ1v) is 6.81. The molecule has 15 heavy (non-hydrogen) atoms. The molecule has 2 fully saturated rings. The quantitative estimate of drug-likeness (QED) is 0.722. The van der Waals surface area contributed by atoms with E-state index in [0.717, 1.165) is 18.4 Å². The minimum Gasteiger partial charge on any atom is -0.317 e. The van der Waals surface area contributed by atoms with Crippen LogP contribution in [0.25, 0.3) is 0 Å². The molecular weight excluding hydrogens is 184 g/mol. The number of hydrogen-bond acceptors (Lipinski definition) is 2. The fraction of sp³-hybridized carbons (Fsp3) is 1.00. The van der Waals surface area contributed by atoms with Gasteiger partial charge in [0.25, 0.3) is 0 Å². The molecule has 0 aromatic rings. The summed E-state index contributed by atoms with van der Waals surface area (Å²) in [4.78, 5) is 2.70. The molecule has 1 aliphatic carbocycles. The van der Waals surface area contributed by atoms with Gasteiger partial charge in [0, 0.05) is 6.54 Å². The molecule has 1 aliphatic heterocycles. The fourth-order valence-electron chi connectivity index (χ4n) is 2.64. The lowest BCUT2D eigenvalue weighted by atomic mass is 9.97. The van der Waals surface area contributed by atoms with Crippen molar-refractivity contribution in [3.63, 3.8) is 0 Å². The molecule has 1 saturated carbocycles. The molecule has 0 amide bonds. The lowest BCUT2D eigenvalue weighted by molar-refractivity contribution is 0.169. The summed E-state index contributed by atoms with van der Waals surface area (Å²) in [6.45, 7) is 8.63. The van der Waals surface area contributed by atoms with Crippen molar-refractivity contribution >= 4 is 0 Å². The van der Waals surface area contributed by atoms with Crippen LogP contribution in [0.5, 0.6) is 0 Å². The van der Waals surface area contributed by atoms with E-state index in [1.54, 1.807) is 0 Å². The van der Waals surface area contributed by atoms with Crippen molar-refractivity contribution in [1.82, 2.24) is 10.2 Å². The van der Waals surface area contributed by atoms with Gasteiger partial charge in [-0.1, -0.05) is 19.8 Å². The highest BCUT2D eigenvalue weighted by Gasteiger charge is 2.24. The zero-order valence-electron chi connectivity index (χ0n) is 10.2. The van der Waals surface area contributed by atoms with Crippen molar-refractivity contribution in [2.24, 2.45) is 11.8 Å². The summed E-state index contributed by atoms with van der Waals surface area (Å²) < 4.78 is 0. The largest absolute Gasteiger partial charge is 0.317 e. The van der Waals surface area contributed by atoms with Crippen LogP contribution < -0.4 is 5.32 Å². The summed E-state index contributed by atoms with van der Waals surface area (Å²) in [7, 11) is 0. The zero-order valence-corrected chi connectivity index (χ0v) is 10.2. The number of nitrogens with one attached hydrogen (secondary N) is 1. The van der Waals surface area contributed by atoms with Gasteiger partial charge in [0.1, 0.15) is 0 Å². The molecule has 1 heterocycles. The average molecular weight is 210 g/mol. The Morgan fingerprint density at radius 2 is 2.07 bits per heavy atom. The van der Waals surface area contributed by atoms with E-state index in [1.807, 2.05) is 0 Å². The Labute approximate surface area is 94.4 Å². The maximum Gasteiger partial charge on any atom is 0.00218 e. The van der Waals surface area contributed by atoms with Crippen LogP contribution in [0.3, 0.4) is 0 Å². The SMILES string of the molecule is CCNCC1CCCN(CCC2CC2)C1. The van der Waals surface area contributed by atoms with Crippen molar-refractivity contribution in [2.45, 2.75) is 39.0 Å². The van der Waals surface area contributed by atoms with E-state index in [2.05, 4.69) is 17.1 Å². The van der Waals surface area contributed by atoms with Crippen molar-refractivity contribution in [3.05, 3.63) is 0 Å². The normalized spacial score (nSPS) is 28.2. The number of piperidine rings is 1. The van der Waals surface area contributed by atoms with E-state index in [4.69, 9.17) is 0 Å². The topological polar surface area (TPSA) is 15.3 Å². The van der Waals surface area contributed by atoms with Crippen LogP contribution in [0.4, 0.5) is 0 Å². The monoisotopic (exact) mass is 210 g/mol. The van der Waals surface area contributed by atoms with Crippen molar-refractivity contribution in [3.8, 4) is 0 Å². The number of likely N-dealkylation sites (tertiary alicyclic amines) is 1. The molecule has 0 radical (unpaired) electrons. The molecule has 0 aromatic heterocycles. The highest BCUT2D eigenvalue weighted by molar-refractivity contribution is 4.78. The Hall–Kier alpha value is -0.0800. The molecule has 1 saturated heterocycles. The molecule has 0 aromatic carbocycles. The van der Waals surface area contributed by atoms with Gasteiger partial charge in [0.2, 0.25) is 0 Å². The van der Waals surface area contributed by atoms with E-state index in [1.165, 1.54) is 58.3 Å². The molecule has 2 aliphatic rings. The predicted octanol–water partition coefficient (Wildman–Crippen LogP) is 2.11. The van der Waals surface area contributed by atoms with Crippen LogP contribution in [0.15, 0.2) is 0 Å². The molecule has 88 valence electrons. The third kappa shape index (κ3) is 4.12. The van der Waals surface area contributed by atoms with Gasteiger partial charge in [-0.15, -0.1) is 0 Å². The molecular formula is C13H26N2. The Kier molecular flexibility index (Phi) is 4.45. The summed E-state index contributed by atoms with van der Waals surface area (Å²) in [5, 5.41) is 3.49. The summed E-state index contributed by atoms with van der Waals surface area (Å²) in [6.07, 6.45) is 7.34. The fourth-order valence-corrected chi connectivity index (χ4v) is 2.64.